The van der Waals surface area contributed by atoms with Gasteiger partial charge in [0.25, 0.3) is 0 Å². The molecule has 1 unspecified atom stereocenters. The molecule has 0 aliphatic heterocycles. The summed E-state index contributed by atoms with van der Waals surface area (Å²) in [4.78, 5) is 11.9. The minimum Gasteiger partial charge on any atom is -0.465 e. The van der Waals surface area contributed by atoms with Crippen LogP contribution < -0.4 is 0 Å². The van der Waals surface area contributed by atoms with E-state index in [4.69, 9.17) is 4.74 Å². The van der Waals surface area contributed by atoms with Crippen molar-refractivity contribution < 1.29 is 9.53 Å². The second kappa shape index (κ2) is 5.21. The van der Waals surface area contributed by atoms with Crippen LogP contribution in [-0.4, -0.2) is 12.6 Å². The van der Waals surface area contributed by atoms with Crippen LogP contribution in [0.5, 0.6) is 0 Å². The molecule has 0 amide bonds. The summed E-state index contributed by atoms with van der Waals surface area (Å²) in [6.07, 6.45) is 6.75. The van der Waals surface area contributed by atoms with Crippen molar-refractivity contribution in [3.63, 3.8) is 0 Å². The standard InChI is InChI=1S/C16H18O2/c1-3-18-15(17)16(2)11-9-14(10-12-16)13-7-5-4-6-8-13/h4-11H,3,12H2,1-2H3. The Morgan fingerprint density at radius 1 is 1.33 bits per heavy atom. The molecule has 1 aromatic rings. The first-order valence-corrected chi connectivity index (χ1v) is 6.28. The summed E-state index contributed by atoms with van der Waals surface area (Å²) in [6, 6.07) is 10.2. The van der Waals surface area contributed by atoms with Crippen LogP contribution >= 0.6 is 0 Å². The number of rotatable bonds is 3. The van der Waals surface area contributed by atoms with Crippen molar-refractivity contribution >= 4 is 11.5 Å². The zero-order valence-corrected chi connectivity index (χ0v) is 10.8. The molecule has 18 heavy (non-hydrogen) atoms. The molecule has 0 radical (unpaired) electrons. The summed E-state index contributed by atoms with van der Waals surface area (Å²) < 4.78 is 5.11. The lowest BCUT2D eigenvalue weighted by Crippen LogP contribution is -2.28. The maximum atomic E-state index is 11.9. The van der Waals surface area contributed by atoms with Crippen LogP contribution in [0.3, 0.4) is 0 Å². The number of benzene rings is 1. The summed E-state index contributed by atoms with van der Waals surface area (Å²) in [5.74, 6) is -0.149. The van der Waals surface area contributed by atoms with Gasteiger partial charge in [0.1, 0.15) is 0 Å². The maximum Gasteiger partial charge on any atom is 0.315 e. The fourth-order valence-corrected chi connectivity index (χ4v) is 2.02. The number of carbonyl (C=O) groups excluding carboxylic acids is 1. The highest BCUT2D eigenvalue weighted by molar-refractivity contribution is 5.84. The smallest absolute Gasteiger partial charge is 0.315 e. The average Bonchev–Trinajstić information content (AvgIpc) is 2.41. The lowest BCUT2D eigenvalue weighted by molar-refractivity contribution is -0.151. The highest BCUT2D eigenvalue weighted by Gasteiger charge is 2.32. The molecular formula is C16H18O2. The topological polar surface area (TPSA) is 26.3 Å². The zero-order chi connectivity index (χ0) is 13.0. The van der Waals surface area contributed by atoms with Gasteiger partial charge in [-0.3, -0.25) is 4.79 Å². The van der Waals surface area contributed by atoms with Gasteiger partial charge in [-0.2, -0.15) is 0 Å². The Bertz CT molecular complexity index is 485. The third kappa shape index (κ3) is 2.53. The molecule has 1 aliphatic carbocycles. The molecule has 1 aliphatic rings. The van der Waals surface area contributed by atoms with Crippen molar-refractivity contribution in [1.82, 2.24) is 0 Å². The predicted molar refractivity (Wildman–Crippen MR) is 72.9 cm³/mol. The van der Waals surface area contributed by atoms with Crippen molar-refractivity contribution in [3.05, 3.63) is 54.1 Å². The Morgan fingerprint density at radius 2 is 2.06 bits per heavy atom. The van der Waals surface area contributed by atoms with Crippen LogP contribution in [0.15, 0.2) is 48.6 Å². The fraction of sp³-hybridized carbons (Fsp3) is 0.312. The number of carbonyl (C=O) groups is 1. The Labute approximate surface area is 108 Å². The van der Waals surface area contributed by atoms with Gasteiger partial charge in [-0.25, -0.2) is 0 Å². The minimum absolute atomic E-state index is 0.149. The number of hydrogen-bond acceptors (Lipinski definition) is 2. The predicted octanol–water partition coefficient (Wildman–Crippen LogP) is 3.60. The lowest BCUT2D eigenvalue weighted by Gasteiger charge is -2.25. The molecule has 0 heterocycles. The van der Waals surface area contributed by atoms with Gasteiger partial charge in [0.15, 0.2) is 0 Å². The van der Waals surface area contributed by atoms with E-state index in [1.165, 1.54) is 5.56 Å². The first kappa shape index (κ1) is 12.6. The molecule has 1 atom stereocenters. The Kier molecular flexibility index (Phi) is 3.66. The normalized spacial score (nSPS) is 22.4. The van der Waals surface area contributed by atoms with Gasteiger partial charge in [0, 0.05) is 0 Å². The summed E-state index contributed by atoms with van der Waals surface area (Å²) in [6.45, 7) is 4.18. The molecule has 2 rings (SSSR count). The quantitative estimate of drug-likeness (QED) is 0.757. The van der Waals surface area contributed by atoms with Crippen molar-refractivity contribution in [2.24, 2.45) is 5.41 Å². The van der Waals surface area contributed by atoms with E-state index in [9.17, 15) is 4.79 Å². The van der Waals surface area contributed by atoms with E-state index in [-0.39, 0.29) is 5.97 Å². The molecular weight excluding hydrogens is 224 g/mol. The van der Waals surface area contributed by atoms with Gasteiger partial charge in [0.05, 0.1) is 12.0 Å². The number of hydrogen-bond donors (Lipinski definition) is 0. The molecule has 0 aromatic heterocycles. The second-order valence-electron chi connectivity index (χ2n) is 4.70. The third-order valence-corrected chi connectivity index (χ3v) is 3.23. The zero-order valence-electron chi connectivity index (χ0n) is 10.8. The average molecular weight is 242 g/mol. The van der Waals surface area contributed by atoms with Crippen LogP contribution in [0.25, 0.3) is 5.57 Å². The highest BCUT2D eigenvalue weighted by atomic mass is 16.5. The van der Waals surface area contributed by atoms with E-state index in [1.54, 1.807) is 0 Å². The molecule has 2 heteroatoms. The first-order valence-electron chi connectivity index (χ1n) is 6.28. The van der Waals surface area contributed by atoms with Crippen molar-refractivity contribution in [3.8, 4) is 0 Å². The number of esters is 1. The van der Waals surface area contributed by atoms with Crippen molar-refractivity contribution in [2.45, 2.75) is 20.3 Å². The van der Waals surface area contributed by atoms with Crippen LogP contribution in [-0.2, 0) is 9.53 Å². The molecule has 0 spiro atoms. The molecule has 1 aromatic carbocycles. The van der Waals surface area contributed by atoms with E-state index >= 15 is 0 Å². The molecule has 2 nitrogen and oxygen atoms in total. The monoisotopic (exact) mass is 242 g/mol. The van der Waals surface area contributed by atoms with E-state index in [0.29, 0.717) is 13.0 Å². The molecule has 0 fully saturated rings. The van der Waals surface area contributed by atoms with Gasteiger partial charge >= 0.3 is 5.97 Å². The van der Waals surface area contributed by atoms with E-state index in [2.05, 4.69) is 18.2 Å². The number of allylic oxidation sites excluding steroid dienone is 3. The molecule has 94 valence electrons. The number of ether oxygens (including phenoxy) is 1. The van der Waals surface area contributed by atoms with E-state index in [1.807, 2.05) is 44.2 Å². The molecule has 0 bridgehead atoms. The Morgan fingerprint density at radius 3 is 2.61 bits per heavy atom. The fourth-order valence-electron chi connectivity index (χ4n) is 2.02. The molecule has 0 saturated heterocycles. The van der Waals surface area contributed by atoms with E-state index < -0.39 is 5.41 Å². The summed E-state index contributed by atoms with van der Waals surface area (Å²) in [7, 11) is 0. The molecule has 0 N–H and O–H groups in total. The summed E-state index contributed by atoms with van der Waals surface area (Å²) in [5.41, 5.74) is 1.82. The van der Waals surface area contributed by atoms with Crippen LogP contribution in [0, 0.1) is 5.41 Å². The first-order chi connectivity index (χ1) is 8.65. The van der Waals surface area contributed by atoms with Gasteiger partial charge in [0.2, 0.25) is 0 Å². The highest BCUT2D eigenvalue weighted by Crippen LogP contribution is 2.33. The minimum atomic E-state index is -0.520. The van der Waals surface area contributed by atoms with Crippen LogP contribution in [0.2, 0.25) is 0 Å². The van der Waals surface area contributed by atoms with Crippen molar-refractivity contribution in [2.75, 3.05) is 6.61 Å². The Hall–Kier alpha value is -1.83. The lowest BCUT2D eigenvalue weighted by atomic mass is 9.81. The Balaban J connectivity index is 2.14. The van der Waals surface area contributed by atoms with Gasteiger partial charge in [-0.1, -0.05) is 48.6 Å². The SMILES string of the molecule is CCOC(=O)C1(C)C=CC(c2ccccc2)=CC1. The maximum absolute atomic E-state index is 11.9. The van der Waals surface area contributed by atoms with Crippen LogP contribution in [0.4, 0.5) is 0 Å². The summed E-state index contributed by atoms with van der Waals surface area (Å²) >= 11 is 0. The second-order valence-corrected chi connectivity index (χ2v) is 4.70. The molecule has 0 saturated carbocycles. The summed E-state index contributed by atoms with van der Waals surface area (Å²) in [5, 5.41) is 0. The van der Waals surface area contributed by atoms with Gasteiger partial charge in [-0.15, -0.1) is 0 Å². The van der Waals surface area contributed by atoms with Crippen LogP contribution in [0.1, 0.15) is 25.8 Å². The van der Waals surface area contributed by atoms with Crippen molar-refractivity contribution in [1.29, 1.82) is 0 Å². The van der Waals surface area contributed by atoms with Gasteiger partial charge in [-0.05, 0) is 31.4 Å². The van der Waals surface area contributed by atoms with E-state index in [0.717, 1.165) is 5.57 Å². The van der Waals surface area contributed by atoms with Gasteiger partial charge < -0.3 is 4.74 Å². The largest absolute Gasteiger partial charge is 0.465 e. The third-order valence-electron chi connectivity index (χ3n) is 3.23.